The highest BCUT2D eigenvalue weighted by atomic mass is 16.4. The van der Waals surface area contributed by atoms with Crippen molar-refractivity contribution in [3.05, 3.63) is 53.6 Å². The zero-order valence-electron chi connectivity index (χ0n) is 13.7. The minimum atomic E-state index is -0.913. The van der Waals surface area contributed by atoms with E-state index in [9.17, 15) is 9.90 Å². The summed E-state index contributed by atoms with van der Waals surface area (Å²) in [5.74, 6) is 0.0348. The lowest BCUT2D eigenvalue weighted by atomic mass is 10.1. The molecule has 0 radical (unpaired) electrons. The molecule has 2 aromatic carbocycles. The Labute approximate surface area is 140 Å². The van der Waals surface area contributed by atoms with Gasteiger partial charge in [-0.2, -0.15) is 0 Å². The number of benzene rings is 2. The Morgan fingerprint density at radius 3 is 2.67 bits per heavy atom. The molecule has 0 bridgehead atoms. The first-order valence-corrected chi connectivity index (χ1v) is 8.46. The van der Waals surface area contributed by atoms with Gasteiger partial charge in [0.1, 0.15) is 5.82 Å². The number of carbonyl (C=O) groups is 1. The standard InChI is InChI=1S/C20H20N2O2/c1-13-5-4-6-14(11-13)19-21-17-12-15(20(23)24)9-10-18(17)22(19)16-7-2-3-8-16/h4-6,9-12,16H,2-3,7-8H2,1H3,(H,23,24). The van der Waals surface area contributed by atoms with Crippen LogP contribution in [0.3, 0.4) is 0 Å². The highest BCUT2D eigenvalue weighted by Gasteiger charge is 2.23. The zero-order valence-corrected chi connectivity index (χ0v) is 13.7. The van der Waals surface area contributed by atoms with Gasteiger partial charge in [0.05, 0.1) is 16.6 Å². The number of aromatic carboxylic acids is 1. The van der Waals surface area contributed by atoms with E-state index >= 15 is 0 Å². The molecule has 0 aliphatic heterocycles. The number of rotatable bonds is 3. The van der Waals surface area contributed by atoms with E-state index in [0.29, 0.717) is 6.04 Å². The van der Waals surface area contributed by atoms with Crippen molar-refractivity contribution in [3.8, 4) is 11.4 Å². The lowest BCUT2D eigenvalue weighted by Gasteiger charge is -2.16. The smallest absolute Gasteiger partial charge is 0.335 e. The van der Waals surface area contributed by atoms with Crippen LogP contribution in [0.15, 0.2) is 42.5 Å². The summed E-state index contributed by atoms with van der Waals surface area (Å²) in [4.78, 5) is 16.1. The second-order valence-electron chi connectivity index (χ2n) is 6.62. The third-order valence-electron chi connectivity index (χ3n) is 4.90. The summed E-state index contributed by atoms with van der Waals surface area (Å²) in [7, 11) is 0. The number of imidazole rings is 1. The molecule has 4 nitrogen and oxygen atoms in total. The van der Waals surface area contributed by atoms with Crippen molar-refractivity contribution < 1.29 is 9.90 Å². The summed E-state index contributed by atoms with van der Waals surface area (Å²) in [5, 5.41) is 9.25. The lowest BCUT2D eigenvalue weighted by molar-refractivity contribution is 0.0697. The second kappa shape index (κ2) is 5.78. The van der Waals surface area contributed by atoms with Gasteiger partial charge >= 0.3 is 5.97 Å². The third kappa shape index (κ3) is 2.48. The number of carboxylic acid groups (broad SMARTS) is 1. The number of carboxylic acids is 1. The quantitative estimate of drug-likeness (QED) is 0.752. The Morgan fingerprint density at radius 1 is 1.17 bits per heavy atom. The van der Waals surface area contributed by atoms with E-state index in [4.69, 9.17) is 4.98 Å². The minimum absolute atomic E-state index is 0.286. The number of aromatic nitrogens is 2. The summed E-state index contributed by atoms with van der Waals surface area (Å²) in [5.41, 5.74) is 4.37. The molecule has 0 saturated heterocycles. The van der Waals surface area contributed by atoms with E-state index < -0.39 is 5.97 Å². The molecule has 1 aliphatic rings. The van der Waals surface area contributed by atoms with E-state index in [1.54, 1.807) is 12.1 Å². The predicted octanol–water partition coefficient (Wildman–Crippen LogP) is 4.83. The van der Waals surface area contributed by atoms with Gasteiger partial charge in [-0.1, -0.05) is 36.6 Å². The SMILES string of the molecule is Cc1cccc(-c2nc3cc(C(=O)O)ccc3n2C2CCCC2)c1. The van der Waals surface area contributed by atoms with Crippen molar-refractivity contribution in [1.82, 2.24) is 9.55 Å². The van der Waals surface area contributed by atoms with Gasteiger partial charge in [-0.15, -0.1) is 0 Å². The molecule has 4 rings (SSSR count). The van der Waals surface area contributed by atoms with E-state index in [-0.39, 0.29) is 5.56 Å². The third-order valence-corrected chi connectivity index (χ3v) is 4.90. The molecule has 1 saturated carbocycles. The van der Waals surface area contributed by atoms with Crippen LogP contribution >= 0.6 is 0 Å². The molecule has 1 fully saturated rings. The molecule has 0 atom stereocenters. The summed E-state index contributed by atoms with van der Waals surface area (Å²) in [6.45, 7) is 2.08. The number of nitrogens with zero attached hydrogens (tertiary/aromatic N) is 2. The molecule has 0 spiro atoms. The number of hydrogen-bond donors (Lipinski definition) is 1. The maximum atomic E-state index is 11.3. The Morgan fingerprint density at radius 2 is 1.96 bits per heavy atom. The highest BCUT2D eigenvalue weighted by Crippen LogP contribution is 2.37. The van der Waals surface area contributed by atoms with Crippen LogP contribution < -0.4 is 0 Å². The fraction of sp³-hybridized carbons (Fsp3) is 0.300. The van der Waals surface area contributed by atoms with Crippen LogP contribution in [0.2, 0.25) is 0 Å². The normalized spacial score (nSPS) is 15.2. The molecule has 1 aromatic heterocycles. The van der Waals surface area contributed by atoms with Gasteiger partial charge in [0.15, 0.2) is 0 Å². The first-order chi connectivity index (χ1) is 11.6. The fourth-order valence-electron chi connectivity index (χ4n) is 3.75. The molecule has 1 aliphatic carbocycles. The Hall–Kier alpha value is -2.62. The van der Waals surface area contributed by atoms with Gasteiger partial charge in [0.25, 0.3) is 0 Å². The Bertz CT molecular complexity index is 921. The monoisotopic (exact) mass is 320 g/mol. The summed E-state index contributed by atoms with van der Waals surface area (Å²) < 4.78 is 2.32. The fourth-order valence-corrected chi connectivity index (χ4v) is 3.75. The molecule has 1 heterocycles. The van der Waals surface area contributed by atoms with Crippen LogP contribution in [0.1, 0.15) is 47.6 Å². The molecule has 0 amide bonds. The van der Waals surface area contributed by atoms with Crippen molar-refractivity contribution in [2.75, 3.05) is 0 Å². The molecule has 1 N–H and O–H groups in total. The van der Waals surface area contributed by atoms with Gasteiger partial charge in [-0.25, -0.2) is 9.78 Å². The van der Waals surface area contributed by atoms with Crippen molar-refractivity contribution in [3.63, 3.8) is 0 Å². The summed E-state index contributed by atoms with van der Waals surface area (Å²) in [6, 6.07) is 14.1. The van der Waals surface area contributed by atoms with Crippen LogP contribution in [-0.4, -0.2) is 20.6 Å². The van der Waals surface area contributed by atoms with Crippen molar-refractivity contribution in [2.24, 2.45) is 0 Å². The average Bonchev–Trinajstić information content (AvgIpc) is 3.21. The number of hydrogen-bond acceptors (Lipinski definition) is 2. The molecule has 24 heavy (non-hydrogen) atoms. The van der Waals surface area contributed by atoms with Crippen LogP contribution in [0, 0.1) is 6.92 Å². The summed E-state index contributed by atoms with van der Waals surface area (Å²) in [6.07, 6.45) is 4.80. The first kappa shape index (κ1) is 14.9. The Kier molecular flexibility index (Phi) is 3.60. The zero-order chi connectivity index (χ0) is 16.7. The first-order valence-electron chi connectivity index (χ1n) is 8.46. The second-order valence-corrected chi connectivity index (χ2v) is 6.62. The van der Waals surface area contributed by atoms with E-state index in [1.165, 1.54) is 18.4 Å². The van der Waals surface area contributed by atoms with E-state index in [1.807, 2.05) is 12.1 Å². The van der Waals surface area contributed by atoms with Crippen LogP contribution in [0.25, 0.3) is 22.4 Å². The van der Waals surface area contributed by atoms with Gasteiger partial charge in [0.2, 0.25) is 0 Å². The van der Waals surface area contributed by atoms with E-state index in [2.05, 4.69) is 29.7 Å². The molecule has 0 unspecified atom stereocenters. The van der Waals surface area contributed by atoms with Gasteiger partial charge < -0.3 is 9.67 Å². The van der Waals surface area contributed by atoms with Crippen LogP contribution in [-0.2, 0) is 0 Å². The average molecular weight is 320 g/mol. The number of fused-ring (bicyclic) bond motifs is 1. The van der Waals surface area contributed by atoms with Gasteiger partial charge in [0, 0.05) is 11.6 Å². The van der Waals surface area contributed by atoms with Crippen molar-refractivity contribution in [2.45, 2.75) is 38.6 Å². The maximum absolute atomic E-state index is 11.3. The predicted molar refractivity (Wildman–Crippen MR) is 94.4 cm³/mol. The lowest BCUT2D eigenvalue weighted by Crippen LogP contribution is -2.06. The van der Waals surface area contributed by atoms with Gasteiger partial charge in [-0.3, -0.25) is 0 Å². The Balaban J connectivity index is 1.96. The molecule has 3 aromatic rings. The van der Waals surface area contributed by atoms with Crippen LogP contribution in [0.5, 0.6) is 0 Å². The molecule has 122 valence electrons. The highest BCUT2D eigenvalue weighted by molar-refractivity contribution is 5.93. The largest absolute Gasteiger partial charge is 0.478 e. The number of aryl methyl sites for hydroxylation is 1. The van der Waals surface area contributed by atoms with Gasteiger partial charge in [-0.05, 0) is 44.0 Å². The van der Waals surface area contributed by atoms with E-state index in [0.717, 1.165) is 35.3 Å². The molecule has 4 heteroatoms. The molecular formula is C20H20N2O2. The van der Waals surface area contributed by atoms with Crippen molar-refractivity contribution >= 4 is 17.0 Å². The topological polar surface area (TPSA) is 55.1 Å². The van der Waals surface area contributed by atoms with Crippen LogP contribution in [0.4, 0.5) is 0 Å². The summed E-state index contributed by atoms with van der Waals surface area (Å²) >= 11 is 0. The minimum Gasteiger partial charge on any atom is -0.478 e. The molecular weight excluding hydrogens is 300 g/mol. The van der Waals surface area contributed by atoms with Crippen molar-refractivity contribution in [1.29, 1.82) is 0 Å². The maximum Gasteiger partial charge on any atom is 0.335 e.